The Balaban J connectivity index is 0.000000161. The topological polar surface area (TPSA) is 165 Å². The van der Waals surface area contributed by atoms with Gasteiger partial charge in [-0.1, -0.05) is 0 Å². The van der Waals surface area contributed by atoms with E-state index in [2.05, 4.69) is 50.7 Å². The lowest BCUT2D eigenvalue weighted by Crippen LogP contribution is -2.21. The summed E-state index contributed by atoms with van der Waals surface area (Å²) >= 11 is 0. The van der Waals surface area contributed by atoms with E-state index < -0.39 is 0 Å². The summed E-state index contributed by atoms with van der Waals surface area (Å²) in [5, 5.41) is 0. The highest BCUT2D eigenvalue weighted by Crippen LogP contribution is 2.22. The normalized spacial score (nSPS) is 11.8. The Hall–Kier alpha value is -3.50. The second-order valence-electron chi connectivity index (χ2n) is 7.60. The molecule has 0 aliphatic rings. The van der Waals surface area contributed by atoms with Gasteiger partial charge in [0, 0.05) is 11.6 Å². The van der Waals surface area contributed by atoms with Crippen LogP contribution in [0.1, 0.15) is 40.7 Å². The Kier molecular flexibility index (Phi) is 4.75. The van der Waals surface area contributed by atoms with Gasteiger partial charge in [0.2, 0.25) is 5.95 Å². The van der Waals surface area contributed by atoms with Crippen molar-refractivity contribution in [1.82, 2.24) is 39.0 Å². The number of hydrogen-bond acceptors (Lipinski definition) is 9. The maximum atomic E-state index is 5.69. The van der Waals surface area contributed by atoms with Crippen LogP contribution in [0.25, 0.3) is 22.3 Å². The predicted molar refractivity (Wildman–Crippen MR) is 109 cm³/mol. The Morgan fingerprint density at radius 1 is 0.821 bits per heavy atom. The molecule has 4 heterocycles. The minimum absolute atomic E-state index is 0.0461. The molecule has 0 atom stereocenters. The zero-order valence-corrected chi connectivity index (χ0v) is 16.6. The van der Waals surface area contributed by atoms with E-state index >= 15 is 0 Å². The number of nitrogens with zero attached hydrogens (tertiary/aromatic N) is 8. The van der Waals surface area contributed by atoms with Gasteiger partial charge in [0.1, 0.15) is 17.4 Å². The summed E-state index contributed by atoms with van der Waals surface area (Å²) in [6.45, 7) is 10.3. The van der Waals surface area contributed by atoms with Crippen LogP contribution in [0.15, 0.2) is 19.0 Å². The summed E-state index contributed by atoms with van der Waals surface area (Å²) in [7, 11) is 0. The van der Waals surface area contributed by atoms with E-state index in [0.29, 0.717) is 28.3 Å². The minimum Gasteiger partial charge on any atom is -0.382 e. The van der Waals surface area contributed by atoms with Gasteiger partial charge in [-0.3, -0.25) is 0 Å². The van der Waals surface area contributed by atoms with Crippen molar-refractivity contribution < 1.29 is 0 Å². The van der Waals surface area contributed by atoms with Crippen molar-refractivity contribution in [2.75, 3.05) is 17.2 Å². The molecule has 4 aromatic rings. The fourth-order valence-electron chi connectivity index (χ4n) is 2.68. The summed E-state index contributed by atoms with van der Waals surface area (Å²) in [6.07, 6.45) is 4.90. The van der Waals surface area contributed by atoms with Gasteiger partial charge in [0.15, 0.2) is 22.9 Å². The van der Waals surface area contributed by atoms with Crippen LogP contribution in [0.5, 0.6) is 0 Å². The molecule has 6 N–H and O–H groups in total. The number of aromatic nitrogens is 8. The van der Waals surface area contributed by atoms with Crippen LogP contribution >= 0.6 is 0 Å². The van der Waals surface area contributed by atoms with Gasteiger partial charge in [-0.05, 0) is 34.6 Å². The molecule has 0 fully saturated rings. The number of fused-ring (bicyclic) bond motifs is 2. The number of hydrogen-bond donors (Lipinski definition) is 3. The van der Waals surface area contributed by atoms with Gasteiger partial charge in [0.05, 0.1) is 12.7 Å². The fraction of sp³-hybridized carbons (Fsp3) is 0.412. The van der Waals surface area contributed by atoms with Crippen LogP contribution in [0.3, 0.4) is 0 Å². The maximum absolute atomic E-state index is 5.69. The van der Waals surface area contributed by atoms with Crippen molar-refractivity contribution in [2.24, 2.45) is 0 Å². The van der Waals surface area contributed by atoms with Gasteiger partial charge in [0.25, 0.3) is 0 Å². The molecule has 148 valence electrons. The smallest absolute Gasteiger partial charge is 0.224 e. The second kappa shape index (κ2) is 6.91. The van der Waals surface area contributed by atoms with Gasteiger partial charge >= 0.3 is 0 Å². The zero-order valence-electron chi connectivity index (χ0n) is 16.6. The fourth-order valence-corrected chi connectivity index (χ4v) is 2.68. The number of imidazole rings is 2. The van der Waals surface area contributed by atoms with Crippen LogP contribution in [-0.2, 0) is 5.54 Å². The van der Waals surface area contributed by atoms with E-state index in [4.69, 9.17) is 17.2 Å². The molecular formula is C17H25N11. The largest absolute Gasteiger partial charge is 0.382 e. The minimum atomic E-state index is -0.0461. The average Bonchev–Trinajstić information content (AvgIpc) is 3.19. The number of rotatable bonds is 1. The quantitative estimate of drug-likeness (QED) is 0.443. The van der Waals surface area contributed by atoms with Crippen molar-refractivity contribution in [3.8, 4) is 0 Å². The zero-order chi connectivity index (χ0) is 20.6. The van der Waals surface area contributed by atoms with Crippen LogP contribution in [0.4, 0.5) is 17.6 Å². The van der Waals surface area contributed by atoms with Gasteiger partial charge < -0.3 is 26.3 Å². The van der Waals surface area contributed by atoms with Crippen LogP contribution in [0.2, 0.25) is 0 Å². The number of nitrogen functional groups attached to an aromatic ring is 3. The molecular weight excluding hydrogens is 358 g/mol. The summed E-state index contributed by atoms with van der Waals surface area (Å²) < 4.78 is 3.89. The van der Waals surface area contributed by atoms with Crippen molar-refractivity contribution >= 4 is 39.9 Å². The molecule has 11 heteroatoms. The highest BCUT2D eigenvalue weighted by molar-refractivity contribution is 5.83. The van der Waals surface area contributed by atoms with Gasteiger partial charge in [-0.15, -0.1) is 0 Å². The Labute approximate surface area is 162 Å². The maximum Gasteiger partial charge on any atom is 0.224 e. The molecule has 0 unspecified atom stereocenters. The summed E-state index contributed by atoms with van der Waals surface area (Å²) in [4.78, 5) is 24.4. The molecule has 0 spiro atoms. The second-order valence-corrected chi connectivity index (χ2v) is 7.60. The molecule has 4 aromatic heterocycles. The molecule has 0 amide bonds. The van der Waals surface area contributed by atoms with E-state index in [-0.39, 0.29) is 17.5 Å². The van der Waals surface area contributed by atoms with Crippen LogP contribution < -0.4 is 17.2 Å². The first-order valence-electron chi connectivity index (χ1n) is 8.79. The lowest BCUT2D eigenvalue weighted by molar-refractivity contribution is 0.406. The molecule has 0 saturated carbocycles. The van der Waals surface area contributed by atoms with E-state index in [1.54, 1.807) is 12.7 Å². The molecule has 0 bridgehead atoms. The van der Waals surface area contributed by atoms with E-state index in [1.165, 1.54) is 6.33 Å². The average molecular weight is 383 g/mol. The molecule has 4 rings (SSSR count). The Bertz CT molecular complexity index is 1120. The van der Waals surface area contributed by atoms with Crippen molar-refractivity contribution in [1.29, 1.82) is 0 Å². The number of nitrogens with two attached hydrogens (primary N) is 3. The summed E-state index contributed by atoms with van der Waals surface area (Å²) in [5.41, 5.74) is 19.6. The lowest BCUT2D eigenvalue weighted by atomic mass is 10.1. The first kappa shape index (κ1) is 19.3. The molecule has 28 heavy (non-hydrogen) atoms. The lowest BCUT2D eigenvalue weighted by Gasteiger charge is -2.20. The van der Waals surface area contributed by atoms with E-state index in [0.717, 1.165) is 5.65 Å². The Morgan fingerprint density at radius 3 is 2.11 bits per heavy atom. The van der Waals surface area contributed by atoms with E-state index in [9.17, 15) is 0 Å². The van der Waals surface area contributed by atoms with E-state index in [1.807, 2.05) is 23.0 Å². The monoisotopic (exact) mass is 383 g/mol. The van der Waals surface area contributed by atoms with Crippen LogP contribution in [-0.4, -0.2) is 39.0 Å². The number of anilines is 3. The van der Waals surface area contributed by atoms with Crippen molar-refractivity contribution in [3.05, 3.63) is 19.0 Å². The summed E-state index contributed by atoms with van der Waals surface area (Å²) in [5.74, 6) is 0.933. The Morgan fingerprint density at radius 2 is 1.46 bits per heavy atom. The standard InChI is InChI=1S/C9H13N5.C8H12N6/c1-9(2,3)14-5-13-6-7(10)11-4-12-8(6)14;1-4(2)14-3-11-5-6(9)12-8(10)13-7(5)14/h4-5H,1-3H3,(H2,10,11,12);3-4H,1-2H3,(H4,9,10,12,13). The summed E-state index contributed by atoms with van der Waals surface area (Å²) in [6, 6.07) is 0.272. The third-order valence-corrected chi connectivity index (χ3v) is 4.11. The SMILES string of the molecule is CC(C)(C)n1cnc2c(N)ncnc21.CC(C)n1cnc2c(N)nc(N)nc21. The van der Waals surface area contributed by atoms with Crippen LogP contribution in [0, 0.1) is 0 Å². The molecule has 0 aliphatic heterocycles. The third-order valence-electron chi connectivity index (χ3n) is 4.11. The molecule has 11 nitrogen and oxygen atoms in total. The highest BCUT2D eigenvalue weighted by Gasteiger charge is 2.18. The first-order valence-corrected chi connectivity index (χ1v) is 8.79. The first-order chi connectivity index (χ1) is 13.1. The van der Waals surface area contributed by atoms with Crippen molar-refractivity contribution in [2.45, 2.75) is 46.2 Å². The van der Waals surface area contributed by atoms with Gasteiger partial charge in [-0.2, -0.15) is 9.97 Å². The molecule has 0 aliphatic carbocycles. The third kappa shape index (κ3) is 3.50. The molecule has 0 saturated heterocycles. The predicted octanol–water partition coefficient (Wildman–Crippen LogP) is 1.74. The van der Waals surface area contributed by atoms with Gasteiger partial charge in [-0.25, -0.2) is 19.9 Å². The van der Waals surface area contributed by atoms with Crippen molar-refractivity contribution in [3.63, 3.8) is 0 Å². The molecule has 0 radical (unpaired) electrons. The highest BCUT2D eigenvalue weighted by atomic mass is 15.2. The molecule has 0 aromatic carbocycles.